The first-order chi connectivity index (χ1) is 6.61. The van der Waals surface area contributed by atoms with Gasteiger partial charge in [-0.3, -0.25) is 0 Å². The summed E-state index contributed by atoms with van der Waals surface area (Å²) in [5.41, 5.74) is 0. The van der Waals surface area contributed by atoms with Crippen LogP contribution in [0.1, 0.15) is 20.3 Å². The van der Waals surface area contributed by atoms with Crippen LogP contribution in [-0.4, -0.2) is 17.2 Å². The Kier molecular flexibility index (Phi) is 10.7. The van der Waals surface area contributed by atoms with E-state index in [-0.39, 0.29) is 0 Å². The topological polar surface area (TPSA) is 20.2 Å². The molecule has 1 nitrogen and oxygen atoms in total. The molecule has 0 bridgehead atoms. The molecule has 14 heavy (non-hydrogen) atoms. The van der Waals surface area contributed by atoms with Gasteiger partial charge in [-0.25, -0.2) is 0 Å². The third-order valence-electron chi connectivity index (χ3n) is 1.60. The van der Waals surface area contributed by atoms with Crippen molar-refractivity contribution in [1.82, 2.24) is 0 Å². The van der Waals surface area contributed by atoms with Crippen molar-refractivity contribution in [1.29, 1.82) is 0 Å². The summed E-state index contributed by atoms with van der Waals surface area (Å²) in [6.07, 6.45) is 9.55. The molecule has 0 unspecified atom stereocenters. The zero-order valence-corrected chi connectivity index (χ0v) is 14.8. The van der Waals surface area contributed by atoms with Crippen molar-refractivity contribution >= 4 is 35.1 Å². The van der Waals surface area contributed by atoms with Gasteiger partial charge in [-0.2, -0.15) is 0 Å². The van der Waals surface area contributed by atoms with E-state index in [1.807, 2.05) is 13.8 Å². The van der Waals surface area contributed by atoms with Crippen molar-refractivity contribution in [2.24, 2.45) is 0 Å². The molecule has 86 valence electrons. The molecule has 0 heterocycles. The number of allylic oxidation sites excluding steroid dienone is 4. The molecule has 0 aromatic rings. The van der Waals surface area contributed by atoms with Crippen LogP contribution in [0.2, 0.25) is 0 Å². The van der Waals surface area contributed by atoms with Crippen LogP contribution in [0.3, 0.4) is 0 Å². The van der Waals surface area contributed by atoms with E-state index in [1.54, 1.807) is 4.09 Å². The summed E-state index contributed by atoms with van der Waals surface area (Å²) < 4.78 is 1.56. The average Bonchev–Trinajstić information content (AvgIpc) is 2.70. The molecule has 0 fully saturated rings. The Labute approximate surface area is 107 Å². The minimum absolute atomic E-state index is 0.576. The van der Waals surface area contributed by atoms with E-state index in [9.17, 15) is 0 Å². The van der Waals surface area contributed by atoms with E-state index < -0.39 is 20.6 Å². The van der Waals surface area contributed by atoms with Crippen molar-refractivity contribution in [3.63, 3.8) is 0 Å². The van der Waals surface area contributed by atoms with Crippen LogP contribution >= 0.6 is 35.1 Å². The molecule has 1 aliphatic carbocycles. The van der Waals surface area contributed by atoms with Gasteiger partial charge in [-0.15, -0.1) is 0 Å². The second kappa shape index (κ2) is 9.69. The quantitative estimate of drug-likeness (QED) is 0.542. The van der Waals surface area contributed by atoms with Gasteiger partial charge in [-0.1, -0.05) is 13.8 Å². The fourth-order valence-electron chi connectivity index (χ4n) is 0.729. The zero-order valence-electron chi connectivity index (χ0n) is 8.34. The second-order valence-electron chi connectivity index (χ2n) is 2.53. The van der Waals surface area contributed by atoms with Crippen molar-refractivity contribution in [2.75, 3.05) is 12.3 Å². The first kappa shape index (κ1) is 15.5. The fraction of sp³-hybridized carbons (Fsp3) is 0.556. The summed E-state index contributed by atoms with van der Waals surface area (Å²) in [6.45, 7) is 4.02. The van der Waals surface area contributed by atoms with Crippen molar-refractivity contribution in [2.45, 2.75) is 20.3 Å². The molecule has 0 aromatic heterocycles. The second-order valence-corrected chi connectivity index (χ2v) is 22.1. The molecule has 0 aromatic carbocycles. The van der Waals surface area contributed by atoms with Crippen LogP contribution in [0, 0.1) is 0 Å². The van der Waals surface area contributed by atoms with Crippen LogP contribution in [-0.2, 0) is 12.5 Å². The number of hydrogen-bond acceptors (Lipinski definition) is 1. The molecular weight excluding hydrogens is 507 g/mol. The molecular formula is C9H16Br2IrOP. The summed E-state index contributed by atoms with van der Waals surface area (Å²) in [6, 6.07) is 0. The van der Waals surface area contributed by atoms with Gasteiger partial charge in [0.15, 0.2) is 0 Å². The summed E-state index contributed by atoms with van der Waals surface area (Å²) in [5, 5.41) is 0. The SMILES string of the molecule is CCP(O)CC.[Br][Ir]([Br])[C]1=CC=CC1. The molecule has 0 saturated carbocycles. The molecule has 1 rings (SSSR count). The van der Waals surface area contributed by atoms with Crippen LogP contribution in [0.5, 0.6) is 0 Å². The molecule has 0 saturated heterocycles. The number of halogens is 2. The molecule has 5 heteroatoms. The first-order valence-corrected chi connectivity index (χ1v) is 17.7. The fourth-order valence-corrected chi connectivity index (χ4v) is 5.57. The molecule has 0 radical (unpaired) electrons. The summed E-state index contributed by atoms with van der Waals surface area (Å²) in [4.78, 5) is 8.73. The van der Waals surface area contributed by atoms with E-state index in [0.717, 1.165) is 18.7 Å². The van der Waals surface area contributed by atoms with Crippen LogP contribution < -0.4 is 0 Å². The third-order valence-corrected chi connectivity index (χ3v) is 10.7. The number of hydrogen-bond donors (Lipinski definition) is 1. The van der Waals surface area contributed by atoms with E-state index in [1.165, 1.54) is 0 Å². The van der Waals surface area contributed by atoms with E-state index >= 15 is 0 Å². The molecule has 1 N–H and O–H groups in total. The van der Waals surface area contributed by atoms with Gasteiger partial charge in [0.25, 0.3) is 0 Å². The van der Waals surface area contributed by atoms with E-state index in [0.29, 0.717) is 0 Å². The Morgan fingerprint density at radius 3 is 2.14 bits per heavy atom. The van der Waals surface area contributed by atoms with Gasteiger partial charge in [0.1, 0.15) is 0 Å². The Bertz CT molecular complexity index is 203. The van der Waals surface area contributed by atoms with E-state index in [2.05, 4.69) is 45.2 Å². The van der Waals surface area contributed by atoms with Crippen LogP contribution in [0.4, 0.5) is 0 Å². The standard InChI is InChI=1S/C5H5.C4H11OP.2BrH.Ir/c1-2-4-5-3-1;1-3-6(5)4-2;;;/h1-3H,4H2;5H,3-4H2,1-2H3;2*1H;/q;;;;+2/p-2. The Hall–Kier alpha value is 1.48. The first-order valence-electron chi connectivity index (χ1n) is 4.38. The molecule has 1 aliphatic rings. The van der Waals surface area contributed by atoms with Gasteiger partial charge >= 0.3 is 68.2 Å². The zero-order chi connectivity index (χ0) is 11.0. The minimum atomic E-state index is -1.03. The predicted molar refractivity (Wildman–Crippen MR) is 69.9 cm³/mol. The predicted octanol–water partition coefficient (Wildman–Crippen LogP) is 4.48. The Morgan fingerprint density at radius 2 is 2.00 bits per heavy atom. The number of rotatable bonds is 3. The summed E-state index contributed by atoms with van der Waals surface area (Å²) in [5.74, 6) is 0. The Morgan fingerprint density at radius 1 is 1.43 bits per heavy atom. The average molecular weight is 523 g/mol. The van der Waals surface area contributed by atoms with Gasteiger partial charge in [-0.05, 0) is 12.3 Å². The van der Waals surface area contributed by atoms with Gasteiger partial charge < -0.3 is 4.89 Å². The normalized spacial score (nSPS) is 15.0. The van der Waals surface area contributed by atoms with Crippen LogP contribution in [0.15, 0.2) is 22.3 Å². The maximum absolute atomic E-state index is 8.73. The summed E-state index contributed by atoms with van der Waals surface area (Å²) in [7, 11) is -0.576. The Balaban J connectivity index is 0.000000255. The van der Waals surface area contributed by atoms with Gasteiger partial charge in [0.05, 0.1) is 0 Å². The molecule has 0 spiro atoms. The molecule has 0 aliphatic heterocycles. The van der Waals surface area contributed by atoms with E-state index in [4.69, 9.17) is 4.89 Å². The van der Waals surface area contributed by atoms with Gasteiger partial charge in [0.2, 0.25) is 0 Å². The molecule has 0 atom stereocenters. The molecule has 0 amide bonds. The van der Waals surface area contributed by atoms with Crippen molar-refractivity contribution in [3.05, 3.63) is 22.3 Å². The third kappa shape index (κ3) is 7.73. The van der Waals surface area contributed by atoms with Crippen molar-refractivity contribution < 1.29 is 17.4 Å². The van der Waals surface area contributed by atoms with Crippen LogP contribution in [0.25, 0.3) is 0 Å². The van der Waals surface area contributed by atoms with Crippen molar-refractivity contribution in [3.8, 4) is 0 Å². The summed E-state index contributed by atoms with van der Waals surface area (Å²) >= 11 is 6.12. The maximum atomic E-state index is 8.73. The van der Waals surface area contributed by atoms with Gasteiger partial charge in [0, 0.05) is 8.15 Å². The monoisotopic (exact) mass is 522 g/mol.